The molecule has 0 spiro atoms. The van der Waals surface area contributed by atoms with Crippen LogP contribution in [-0.2, 0) is 16.4 Å². The van der Waals surface area contributed by atoms with Gasteiger partial charge in [-0.3, -0.25) is 4.99 Å². The topological polar surface area (TPSA) is 78.8 Å². The van der Waals surface area contributed by atoms with Crippen LogP contribution in [0.5, 0.6) is 5.75 Å². The number of nitrogens with one attached hydrogen (secondary N) is 1. The molecule has 5 nitrogen and oxygen atoms in total. The van der Waals surface area contributed by atoms with E-state index in [0.29, 0.717) is 24.4 Å². The van der Waals surface area contributed by atoms with Crippen molar-refractivity contribution in [3.63, 3.8) is 0 Å². The number of aromatic hydroxyl groups is 1. The van der Waals surface area contributed by atoms with Crippen LogP contribution < -0.4 is 5.32 Å². The number of fused-ring (bicyclic) bond motifs is 1. The molecular weight excluding hydrogens is 324 g/mol. The summed E-state index contributed by atoms with van der Waals surface area (Å²) in [6.45, 7) is 1.74. The molecule has 4 rings (SSSR count). The summed E-state index contributed by atoms with van der Waals surface area (Å²) in [5.74, 6) is 0.188. The first-order valence-corrected chi connectivity index (χ1v) is 9.51. The van der Waals surface area contributed by atoms with Crippen molar-refractivity contribution in [1.29, 1.82) is 0 Å². The summed E-state index contributed by atoms with van der Waals surface area (Å²) in [5.41, 5.74) is 3.38. The summed E-state index contributed by atoms with van der Waals surface area (Å²) in [5, 5.41) is 12.2. The zero-order valence-corrected chi connectivity index (χ0v) is 13.9. The third-order valence-electron chi connectivity index (χ3n) is 4.67. The lowest BCUT2D eigenvalue weighted by Gasteiger charge is -2.15. The Bertz CT molecular complexity index is 912. The van der Waals surface area contributed by atoms with E-state index in [2.05, 4.69) is 10.3 Å². The minimum Gasteiger partial charge on any atom is -0.508 e. The van der Waals surface area contributed by atoms with Gasteiger partial charge in [0.05, 0.1) is 16.7 Å². The zero-order valence-electron chi connectivity index (χ0n) is 13.1. The third kappa shape index (κ3) is 2.52. The van der Waals surface area contributed by atoms with E-state index in [1.54, 1.807) is 36.5 Å². The molecule has 0 unspecified atom stereocenters. The average molecular weight is 342 g/mol. The molecule has 2 aromatic carbocycles. The molecule has 0 aliphatic carbocycles. The van der Waals surface area contributed by atoms with Crippen LogP contribution in [0.4, 0.5) is 0 Å². The van der Waals surface area contributed by atoms with E-state index in [1.807, 2.05) is 6.07 Å². The van der Waals surface area contributed by atoms with Crippen molar-refractivity contribution < 1.29 is 13.5 Å². The molecule has 1 atom stereocenters. The Morgan fingerprint density at radius 1 is 1.12 bits per heavy atom. The van der Waals surface area contributed by atoms with Crippen LogP contribution >= 0.6 is 0 Å². The molecule has 0 radical (unpaired) electrons. The molecule has 2 aliphatic heterocycles. The number of rotatable bonds is 3. The largest absolute Gasteiger partial charge is 0.508 e. The average Bonchev–Trinajstić information content (AvgIpc) is 3.26. The van der Waals surface area contributed by atoms with E-state index in [9.17, 15) is 13.5 Å². The molecule has 24 heavy (non-hydrogen) atoms. The second kappa shape index (κ2) is 5.72. The van der Waals surface area contributed by atoms with Gasteiger partial charge in [-0.05, 0) is 53.9 Å². The van der Waals surface area contributed by atoms with Crippen LogP contribution in [0.15, 0.2) is 46.3 Å². The quantitative estimate of drug-likeness (QED) is 0.896. The van der Waals surface area contributed by atoms with Gasteiger partial charge in [0.25, 0.3) is 0 Å². The SMILES string of the molecule is O=S(=O)(c1cc(-c2ccc(O)cc2)cc2c1C=NC2)[C@H]1CCNC1. The van der Waals surface area contributed by atoms with E-state index < -0.39 is 9.84 Å². The van der Waals surface area contributed by atoms with E-state index >= 15 is 0 Å². The van der Waals surface area contributed by atoms with Crippen molar-refractivity contribution in [2.24, 2.45) is 4.99 Å². The second-order valence-corrected chi connectivity index (χ2v) is 8.42. The number of hydrogen-bond donors (Lipinski definition) is 2. The fraction of sp³-hybridized carbons (Fsp3) is 0.278. The van der Waals surface area contributed by atoms with Gasteiger partial charge in [0.15, 0.2) is 9.84 Å². The van der Waals surface area contributed by atoms with Gasteiger partial charge in [0.2, 0.25) is 0 Å². The van der Waals surface area contributed by atoms with Crippen LogP contribution in [0, 0.1) is 0 Å². The van der Waals surface area contributed by atoms with Crippen molar-refractivity contribution in [2.75, 3.05) is 13.1 Å². The van der Waals surface area contributed by atoms with Crippen molar-refractivity contribution in [3.8, 4) is 16.9 Å². The molecule has 0 saturated carbocycles. The highest BCUT2D eigenvalue weighted by Gasteiger charge is 2.33. The molecule has 2 aliphatic rings. The normalized spacial score (nSPS) is 19.6. The molecule has 2 heterocycles. The molecule has 0 bridgehead atoms. The number of sulfone groups is 1. The summed E-state index contributed by atoms with van der Waals surface area (Å²) in [6, 6.07) is 10.5. The lowest BCUT2D eigenvalue weighted by Crippen LogP contribution is -2.25. The lowest BCUT2D eigenvalue weighted by molar-refractivity contribution is 0.475. The van der Waals surface area contributed by atoms with Crippen LogP contribution in [0.1, 0.15) is 17.5 Å². The van der Waals surface area contributed by atoms with Gasteiger partial charge in [0.1, 0.15) is 5.75 Å². The van der Waals surface area contributed by atoms with Crippen LogP contribution in [0.2, 0.25) is 0 Å². The summed E-state index contributed by atoms with van der Waals surface area (Å²) in [4.78, 5) is 4.63. The number of benzene rings is 2. The summed E-state index contributed by atoms with van der Waals surface area (Å²) >= 11 is 0. The van der Waals surface area contributed by atoms with E-state index in [1.165, 1.54) is 0 Å². The first-order chi connectivity index (χ1) is 11.6. The Balaban J connectivity index is 1.87. The highest BCUT2D eigenvalue weighted by molar-refractivity contribution is 7.92. The van der Waals surface area contributed by atoms with E-state index in [4.69, 9.17) is 0 Å². The first kappa shape index (κ1) is 15.4. The van der Waals surface area contributed by atoms with Gasteiger partial charge in [-0.25, -0.2) is 8.42 Å². The minimum atomic E-state index is -3.41. The standard InChI is InChI=1S/C18H18N2O3S/c21-15-3-1-12(2-4-15)13-7-14-9-20-11-17(14)18(8-13)24(22,23)16-5-6-19-10-16/h1-4,7-8,11,16,19,21H,5-6,9-10H2/t16-/m0/s1. The Morgan fingerprint density at radius 3 is 2.62 bits per heavy atom. The van der Waals surface area contributed by atoms with Gasteiger partial charge in [-0.1, -0.05) is 12.1 Å². The van der Waals surface area contributed by atoms with E-state index in [-0.39, 0.29) is 11.0 Å². The monoisotopic (exact) mass is 342 g/mol. The lowest BCUT2D eigenvalue weighted by atomic mass is 10.0. The molecule has 2 aromatic rings. The number of phenols is 1. The molecule has 124 valence electrons. The van der Waals surface area contributed by atoms with Gasteiger partial charge < -0.3 is 10.4 Å². The zero-order chi connectivity index (χ0) is 16.7. The van der Waals surface area contributed by atoms with Crippen LogP contribution in [0.3, 0.4) is 0 Å². The van der Waals surface area contributed by atoms with Gasteiger partial charge in [0, 0.05) is 18.3 Å². The predicted molar refractivity (Wildman–Crippen MR) is 93.3 cm³/mol. The predicted octanol–water partition coefficient (Wildman–Crippen LogP) is 2.13. The number of nitrogens with zero attached hydrogens (tertiary/aromatic N) is 1. The second-order valence-electron chi connectivity index (χ2n) is 6.22. The van der Waals surface area contributed by atoms with Crippen LogP contribution in [0.25, 0.3) is 11.1 Å². The molecule has 2 N–H and O–H groups in total. The third-order valence-corrected chi connectivity index (χ3v) is 6.90. The Morgan fingerprint density at radius 2 is 1.92 bits per heavy atom. The molecule has 1 saturated heterocycles. The minimum absolute atomic E-state index is 0.188. The van der Waals surface area contributed by atoms with Crippen molar-refractivity contribution >= 4 is 16.1 Å². The molecule has 0 amide bonds. The number of phenolic OH excluding ortho intramolecular Hbond substituents is 1. The molecule has 6 heteroatoms. The summed E-state index contributed by atoms with van der Waals surface area (Å²) < 4.78 is 26.2. The summed E-state index contributed by atoms with van der Waals surface area (Å²) in [6.07, 6.45) is 2.31. The fourth-order valence-corrected chi connectivity index (χ4v) is 5.23. The fourth-order valence-electron chi connectivity index (χ4n) is 3.33. The number of hydrogen-bond acceptors (Lipinski definition) is 5. The van der Waals surface area contributed by atoms with Crippen molar-refractivity contribution in [3.05, 3.63) is 47.5 Å². The highest BCUT2D eigenvalue weighted by atomic mass is 32.2. The van der Waals surface area contributed by atoms with Gasteiger partial charge in [-0.2, -0.15) is 0 Å². The highest BCUT2D eigenvalue weighted by Crippen LogP contribution is 2.33. The Kier molecular flexibility index (Phi) is 3.66. The summed E-state index contributed by atoms with van der Waals surface area (Å²) in [7, 11) is -3.41. The number of aliphatic imine (C=N–C) groups is 1. The Hall–Kier alpha value is -2.18. The Labute approximate surface area is 141 Å². The van der Waals surface area contributed by atoms with Crippen molar-refractivity contribution in [1.82, 2.24) is 5.32 Å². The molecular formula is C18H18N2O3S. The van der Waals surface area contributed by atoms with E-state index in [0.717, 1.165) is 28.8 Å². The maximum Gasteiger partial charge on any atom is 0.183 e. The maximum atomic E-state index is 13.1. The van der Waals surface area contributed by atoms with Crippen molar-refractivity contribution in [2.45, 2.75) is 23.1 Å². The molecule has 0 aromatic heterocycles. The maximum absolute atomic E-state index is 13.1. The first-order valence-electron chi connectivity index (χ1n) is 7.96. The molecule has 1 fully saturated rings. The van der Waals surface area contributed by atoms with Gasteiger partial charge >= 0.3 is 0 Å². The van der Waals surface area contributed by atoms with Crippen LogP contribution in [-0.4, -0.2) is 38.1 Å². The van der Waals surface area contributed by atoms with Gasteiger partial charge in [-0.15, -0.1) is 0 Å². The smallest absolute Gasteiger partial charge is 0.183 e.